The normalized spacial score (nSPS) is 22.1. The van der Waals surface area contributed by atoms with E-state index in [9.17, 15) is 14.4 Å². The monoisotopic (exact) mass is 569 g/mol. The SMILES string of the molecule is CC1(CC(CN)C(=O)O)CCCC1.CCC1(CC(CN)C(=O)O)CCC1.CCCC1(CC(CN)C(=O)O)CCC1. The molecular formula is C31H59N3O6. The first-order valence-electron chi connectivity index (χ1n) is 15.6. The number of hydrogen-bond acceptors (Lipinski definition) is 6. The van der Waals surface area contributed by atoms with Gasteiger partial charge in [0, 0.05) is 19.6 Å². The Kier molecular flexibility index (Phi) is 15.7. The van der Waals surface area contributed by atoms with Crippen LogP contribution in [0.2, 0.25) is 0 Å². The molecule has 3 saturated carbocycles. The van der Waals surface area contributed by atoms with E-state index in [0.29, 0.717) is 10.8 Å². The maximum atomic E-state index is 10.9. The first-order chi connectivity index (χ1) is 18.8. The van der Waals surface area contributed by atoms with Crippen LogP contribution in [0.15, 0.2) is 0 Å². The van der Waals surface area contributed by atoms with Gasteiger partial charge in [-0.05, 0) is 80.5 Å². The number of carboxylic acids is 3. The molecule has 0 aromatic heterocycles. The molecule has 3 aliphatic rings. The fraction of sp³-hybridized carbons (Fsp3) is 0.903. The highest BCUT2D eigenvalue weighted by molar-refractivity contribution is 5.71. The van der Waals surface area contributed by atoms with Gasteiger partial charge in [-0.15, -0.1) is 0 Å². The minimum Gasteiger partial charge on any atom is -0.481 e. The average Bonchev–Trinajstić information content (AvgIpc) is 3.30. The quantitative estimate of drug-likeness (QED) is 0.153. The van der Waals surface area contributed by atoms with Gasteiger partial charge in [0.2, 0.25) is 0 Å². The van der Waals surface area contributed by atoms with Gasteiger partial charge in [0.05, 0.1) is 17.8 Å². The second-order valence-corrected chi connectivity index (χ2v) is 13.3. The Morgan fingerprint density at radius 2 is 1.00 bits per heavy atom. The van der Waals surface area contributed by atoms with Gasteiger partial charge in [0.15, 0.2) is 0 Å². The lowest BCUT2D eigenvalue weighted by molar-refractivity contribution is -0.144. The zero-order chi connectivity index (χ0) is 30.4. The maximum absolute atomic E-state index is 10.9. The molecule has 9 heteroatoms. The van der Waals surface area contributed by atoms with E-state index in [2.05, 4.69) is 20.8 Å². The molecule has 40 heavy (non-hydrogen) atoms. The van der Waals surface area contributed by atoms with Gasteiger partial charge in [-0.2, -0.15) is 0 Å². The van der Waals surface area contributed by atoms with Gasteiger partial charge in [0.1, 0.15) is 0 Å². The van der Waals surface area contributed by atoms with Gasteiger partial charge in [-0.3, -0.25) is 14.4 Å². The standard InChI is InChI=1S/C11H21NO2.2C10H19NO2/c1-2-4-11(5-3-6-11)7-9(8-12)10(13)14;1-10(4-2-3-5-10)6-8(7-11)9(12)13;1-2-10(4-3-5-10)6-8(7-11)9(12)13/h9H,2-8,12H2,1H3,(H,13,14);2*8H,2-7,11H2,1H3,(H,12,13). The smallest absolute Gasteiger partial charge is 0.307 e. The van der Waals surface area contributed by atoms with Crippen LogP contribution in [0.1, 0.15) is 124 Å². The lowest BCUT2D eigenvalue weighted by atomic mass is 9.62. The number of carboxylic acid groups (broad SMARTS) is 3. The van der Waals surface area contributed by atoms with Crippen LogP contribution in [-0.4, -0.2) is 52.9 Å². The molecule has 0 spiro atoms. The van der Waals surface area contributed by atoms with Crippen molar-refractivity contribution in [2.45, 2.75) is 124 Å². The van der Waals surface area contributed by atoms with Gasteiger partial charge >= 0.3 is 17.9 Å². The average molecular weight is 570 g/mol. The minimum absolute atomic E-state index is 0.239. The highest BCUT2D eigenvalue weighted by atomic mass is 16.4. The summed E-state index contributed by atoms with van der Waals surface area (Å²) in [5, 5.41) is 26.7. The molecule has 234 valence electrons. The third-order valence-corrected chi connectivity index (χ3v) is 10.2. The van der Waals surface area contributed by atoms with Crippen molar-refractivity contribution >= 4 is 17.9 Å². The van der Waals surface area contributed by atoms with Crippen molar-refractivity contribution in [2.75, 3.05) is 19.6 Å². The Morgan fingerprint density at radius 3 is 1.27 bits per heavy atom. The Balaban J connectivity index is 0.000000300. The molecule has 0 amide bonds. The second kappa shape index (κ2) is 17.3. The first kappa shape index (κ1) is 36.3. The Labute approximate surface area is 242 Å². The Bertz CT molecular complexity index is 748. The predicted octanol–water partition coefficient (Wildman–Crippen LogP) is 5.24. The largest absolute Gasteiger partial charge is 0.481 e. The van der Waals surface area contributed by atoms with Crippen LogP contribution in [0, 0.1) is 34.0 Å². The molecule has 3 atom stereocenters. The number of hydrogen-bond donors (Lipinski definition) is 6. The zero-order valence-corrected chi connectivity index (χ0v) is 25.5. The van der Waals surface area contributed by atoms with Crippen LogP contribution < -0.4 is 17.2 Å². The van der Waals surface area contributed by atoms with Gasteiger partial charge in [0.25, 0.3) is 0 Å². The molecule has 0 bridgehead atoms. The molecule has 3 fully saturated rings. The van der Waals surface area contributed by atoms with E-state index in [1.165, 1.54) is 51.4 Å². The topological polar surface area (TPSA) is 190 Å². The molecule has 0 aromatic rings. The van der Waals surface area contributed by atoms with Crippen molar-refractivity contribution in [3.8, 4) is 0 Å². The van der Waals surface area contributed by atoms with Gasteiger partial charge in [-0.25, -0.2) is 0 Å². The van der Waals surface area contributed by atoms with Crippen molar-refractivity contribution in [2.24, 2.45) is 51.2 Å². The third kappa shape index (κ3) is 11.3. The van der Waals surface area contributed by atoms with Gasteiger partial charge in [-0.1, -0.05) is 59.3 Å². The van der Waals surface area contributed by atoms with Crippen molar-refractivity contribution in [1.82, 2.24) is 0 Å². The molecular weight excluding hydrogens is 510 g/mol. The van der Waals surface area contributed by atoms with Crippen LogP contribution in [0.4, 0.5) is 0 Å². The highest BCUT2D eigenvalue weighted by Gasteiger charge is 2.40. The summed E-state index contributed by atoms with van der Waals surface area (Å²) in [5.41, 5.74) is 17.2. The van der Waals surface area contributed by atoms with E-state index >= 15 is 0 Å². The summed E-state index contributed by atoms with van der Waals surface area (Å²) in [4.78, 5) is 32.4. The molecule has 0 saturated heterocycles. The molecule has 9 nitrogen and oxygen atoms in total. The van der Waals surface area contributed by atoms with Crippen molar-refractivity contribution < 1.29 is 29.7 Å². The van der Waals surface area contributed by atoms with E-state index in [-0.39, 0.29) is 42.8 Å². The lowest BCUT2D eigenvalue weighted by Gasteiger charge is -2.43. The maximum Gasteiger partial charge on any atom is 0.307 e. The fourth-order valence-electron chi connectivity index (χ4n) is 7.03. The molecule has 0 radical (unpaired) electrons. The summed E-state index contributed by atoms with van der Waals surface area (Å²) in [6.45, 7) is 7.32. The van der Waals surface area contributed by atoms with E-state index < -0.39 is 17.9 Å². The molecule has 3 unspecified atom stereocenters. The molecule has 0 aromatic carbocycles. The minimum atomic E-state index is -0.740. The van der Waals surface area contributed by atoms with E-state index in [0.717, 1.165) is 51.4 Å². The van der Waals surface area contributed by atoms with Crippen molar-refractivity contribution in [1.29, 1.82) is 0 Å². The Hall–Kier alpha value is -1.71. The summed E-state index contributed by atoms with van der Waals surface area (Å²) in [7, 11) is 0. The van der Waals surface area contributed by atoms with Crippen LogP contribution >= 0.6 is 0 Å². The highest BCUT2D eigenvalue weighted by Crippen LogP contribution is 2.49. The molecule has 3 aliphatic carbocycles. The predicted molar refractivity (Wildman–Crippen MR) is 159 cm³/mol. The van der Waals surface area contributed by atoms with Crippen LogP contribution in [0.3, 0.4) is 0 Å². The zero-order valence-electron chi connectivity index (χ0n) is 25.5. The van der Waals surface area contributed by atoms with Crippen LogP contribution in [0.5, 0.6) is 0 Å². The van der Waals surface area contributed by atoms with Crippen LogP contribution in [-0.2, 0) is 14.4 Å². The summed E-state index contributed by atoms with van der Waals surface area (Å²) in [6, 6.07) is 0. The fourth-order valence-corrected chi connectivity index (χ4v) is 7.03. The van der Waals surface area contributed by atoms with E-state index in [4.69, 9.17) is 32.5 Å². The number of aliphatic carboxylic acids is 3. The van der Waals surface area contributed by atoms with Crippen molar-refractivity contribution in [3.05, 3.63) is 0 Å². The third-order valence-electron chi connectivity index (χ3n) is 10.2. The molecule has 9 N–H and O–H groups in total. The van der Waals surface area contributed by atoms with Gasteiger partial charge < -0.3 is 32.5 Å². The molecule has 0 heterocycles. The summed E-state index contributed by atoms with van der Waals surface area (Å²) in [6.07, 6.45) is 17.8. The molecule has 3 rings (SSSR count). The molecule has 0 aliphatic heterocycles. The van der Waals surface area contributed by atoms with Crippen LogP contribution in [0.25, 0.3) is 0 Å². The number of carbonyl (C=O) groups is 3. The summed E-state index contributed by atoms with van der Waals surface area (Å²) in [5.74, 6) is -3.21. The Morgan fingerprint density at radius 1 is 0.625 bits per heavy atom. The lowest BCUT2D eigenvalue weighted by Crippen LogP contribution is -2.36. The first-order valence-corrected chi connectivity index (χ1v) is 15.6. The summed E-state index contributed by atoms with van der Waals surface area (Å²) < 4.78 is 0. The van der Waals surface area contributed by atoms with E-state index in [1.807, 2.05) is 0 Å². The summed E-state index contributed by atoms with van der Waals surface area (Å²) >= 11 is 0. The van der Waals surface area contributed by atoms with E-state index in [1.54, 1.807) is 0 Å². The van der Waals surface area contributed by atoms with Crippen molar-refractivity contribution in [3.63, 3.8) is 0 Å². The number of rotatable bonds is 15. The number of nitrogens with two attached hydrogens (primary N) is 3. The second-order valence-electron chi connectivity index (χ2n) is 13.3.